The molecule has 0 unspecified atom stereocenters. The van der Waals surface area contributed by atoms with Crippen LogP contribution in [-0.4, -0.2) is 35.6 Å². The SMILES string of the molecule is CC(C)NC(=O)CNC(=O)Nc1cc(C(=O)O)ccc1F. The van der Waals surface area contributed by atoms with E-state index in [-0.39, 0.29) is 29.7 Å². The predicted octanol–water partition coefficient (Wildman–Crippen LogP) is 1.17. The second-order valence-electron chi connectivity index (χ2n) is 4.53. The number of carbonyl (C=O) groups is 3. The van der Waals surface area contributed by atoms with E-state index in [1.54, 1.807) is 13.8 Å². The minimum Gasteiger partial charge on any atom is -0.478 e. The molecular formula is C13H16FN3O4. The number of anilines is 1. The van der Waals surface area contributed by atoms with Crippen molar-refractivity contribution in [2.24, 2.45) is 0 Å². The van der Waals surface area contributed by atoms with Gasteiger partial charge in [-0.25, -0.2) is 14.0 Å². The zero-order valence-corrected chi connectivity index (χ0v) is 11.6. The number of urea groups is 1. The highest BCUT2D eigenvalue weighted by molar-refractivity contribution is 5.94. The Bertz CT molecular complexity index is 560. The van der Waals surface area contributed by atoms with Crippen LogP contribution in [0.15, 0.2) is 18.2 Å². The van der Waals surface area contributed by atoms with Gasteiger partial charge in [0.2, 0.25) is 5.91 Å². The highest BCUT2D eigenvalue weighted by Crippen LogP contribution is 2.16. The standard InChI is InChI=1S/C13H16FN3O4/c1-7(2)16-11(18)6-15-13(21)17-10-5-8(12(19)20)3-4-9(10)14/h3-5,7H,6H2,1-2H3,(H,16,18)(H,19,20)(H2,15,17,21). The maximum Gasteiger partial charge on any atom is 0.335 e. The highest BCUT2D eigenvalue weighted by Gasteiger charge is 2.12. The van der Waals surface area contributed by atoms with Crippen LogP contribution in [0.2, 0.25) is 0 Å². The molecule has 1 rings (SSSR count). The van der Waals surface area contributed by atoms with Gasteiger partial charge in [-0.1, -0.05) is 0 Å². The van der Waals surface area contributed by atoms with E-state index in [4.69, 9.17) is 5.11 Å². The van der Waals surface area contributed by atoms with Crippen molar-refractivity contribution in [1.29, 1.82) is 0 Å². The lowest BCUT2D eigenvalue weighted by molar-refractivity contribution is -0.120. The third kappa shape index (κ3) is 5.47. The van der Waals surface area contributed by atoms with Gasteiger partial charge in [0.25, 0.3) is 0 Å². The third-order valence-electron chi connectivity index (χ3n) is 2.32. The Balaban J connectivity index is 2.60. The van der Waals surface area contributed by atoms with Crippen LogP contribution in [0.4, 0.5) is 14.9 Å². The maximum atomic E-state index is 13.4. The van der Waals surface area contributed by atoms with Gasteiger partial charge in [0.1, 0.15) is 5.82 Å². The van der Waals surface area contributed by atoms with Crippen LogP contribution in [0.1, 0.15) is 24.2 Å². The van der Waals surface area contributed by atoms with Crippen LogP contribution >= 0.6 is 0 Å². The highest BCUT2D eigenvalue weighted by atomic mass is 19.1. The summed E-state index contributed by atoms with van der Waals surface area (Å²) in [5.41, 5.74) is -0.444. The lowest BCUT2D eigenvalue weighted by Crippen LogP contribution is -2.41. The molecule has 0 aliphatic rings. The molecule has 0 aromatic heterocycles. The minimum atomic E-state index is -1.24. The number of nitrogens with one attached hydrogen (secondary N) is 3. The Kier molecular flexibility index (Phi) is 5.65. The van der Waals surface area contributed by atoms with Crippen LogP contribution in [-0.2, 0) is 4.79 Å². The van der Waals surface area contributed by atoms with E-state index in [1.807, 2.05) is 0 Å². The third-order valence-corrected chi connectivity index (χ3v) is 2.32. The van der Waals surface area contributed by atoms with E-state index < -0.39 is 17.8 Å². The van der Waals surface area contributed by atoms with Gasteiger partial charge >= 0.3 is 12.0 Å². The average molecular weight is 297 g/mol. The minimum absolute atomic E-state index is 0.0629. The second kappa shape index (κ2) is 7.22. The zero-order chi connectivity index (χ0) is 16.0. The van der Waals surface area contributed by atoms with E-state index in [0.717, 1.165) is 18.2 Å². The van der Waals surface area contributed by atoms with Crippen LogP contribution in [0.5, 0.6) is 0 Å². The first kappa shape index (κ1) is 16.4. The number of carbonyl (C=O) groups excluding carboxylic acids is 2. The van der Waals surface area contributed by atoms with Crippen molar-refractivity contribution in [3.05, 3.63) is 29.6 Å². The van der Waals surface area contributed by atoms with Crippen molar-refractivity contribution in [3.63, 3.8) is 0 Å². The molecule has 1 aromatic rings. The van der Waals surface area contributed by atoms with Gasteiger partial charge in [0.05, 0.1) is 17.8 Å². The Morgan fingerprint density at radius 2 is 1.95 bits per heavy atom. The molecule has 1 aromatic carbocycles. The van der Waals surface area contributed by atoms with Crippen LogP contribution < -0.4 is 16.0 Å². The van der Waals surface area contributed by atoms with E-state index >= 15 is 0 Å². The molecule has 0 atom stereocenters. The Labute approximate surface area is 120 Å². The number of hydrogen-bond acceptors (Lipinski definition) is 3. The summed E-state index contributed by atoms with van der Waals surface area (Å²) >= 11 is 0. The predicted molar refractivity (Wildman–Crippen MR) is 73.7 cm³/mol. The fourth-order valence-corrected chi connectivity index (χ4v) is 1.45. The molecule has 0 bridgehead atoms. The molecule has 0 fully saturated rings. The maximum absolute atomic E-state index is 13.4. The molecule has 3 amide bonds. The molecular weight excluding hydrogens is 281 g/mol. The van der Waals surface area contributed by atoms with Crippen LogP contribution in [0, 0.1) is 5.82 Å². The molecule has 0 saturated carbocycles. The number of carboxylic acids is 1. The lowest BCUT2D eigenvalue weighted by Gasteiger charge is -2.11. The zero-order valence-electron chi connectivity index (χ0n) is 11.6. The Morgan fingerprint density at radius 1 is 1.29 bits per heavy atom. The average Bonchev–Trinajstić information content (AvgIpc) is 2.38. The van der Waals surface area contributed by atoms with Gasteiger partial charge < -0.3 is 21.1 Å². The van der Waals surface area contributed by atoms with E-state index in [2.05, 4.69) is 16.0 Å². The number of amides is 3. The summed E-state index contributed by atoms with van der Waals surface area (Å²) in [6.07, 6.45) is 0. The summed E-state index contributed by atoms with van der Waals surface area (Å²) in [7, 11) is 0. The van der Waals surface area contributed by atoms with Crippen molar-refractivity contribution in [1.82, 2.24) is 10.6 Å². The summed E-state index contributed by atoms with van der Waals surface area (Å²) in [4.78, 5) is 33.6. The number of aromatic carboxylic acids is 1. The van der Waals surface area contributed by atoms with Crippen molar-refractivity contribution in [3.8, 4) is 0 Å². The first-order chi connectivity index (χ1) is 9.79. The molecule has 0 radical (unpaired) electrons. The summed E-state index contributed by atoms with van der Waals surface area (Å²) in [5, 5.41) is 15.7. The van der Waals surface area contributed by atoms with Gasteiger partial charge in [-0.2, -0.15) is 0 Å². The van der Waals surface area contributed by atoms with E-state index in [0.29, 0.717) is 0 Å². The molecule has 7 nitrogen and oxygen atoms in total. The lowest BCUT2D eigenvalue weighted by atomic mass is 10.2. The fraction of sp³-hybridized carbons (Fsp3) is 0.308. The van der Waals surface area contributed by atoms with Crippen molar-refractivity contribution in [2.75, 3.05) is 11.9 Å². The van der Waals surface area contributed by atoms with Gasteiger partial charge in [-0.15, -0.1) is 0 Å². The molecule has 0 spiro atoms. The molecule has 0 aliphatic carbocycles. The number of rotatable bonds is 5. The molecule has 0 aliphatic heterocycles. The normalized spacial score (nSPS) is 10.1. The van der Waals surface area contributed by atoms with E-state index in [1.165, 1.54) is 0 Å². The Hall–Kier alpha value is -2.64. The first-order valence-electron chi connectivity index (χ1n) is 6.16. The molecule has 114 valence electrons. The number of hydrogen-bond donors (Lipinski definition) is 4. The van der Waals surface area contributed by atoms with E-state index in [9.17, 15) is 18.8 Å². The fourth-order valence-electron chi connectivity index (χ4n) is 1.45. The van der Waals surface area contributed by atoms with Crippen LogP contribution in [0.25, 0.3) is 0 Å². The topological polar surface area (TPSA) is 108 Å². The second-order valence-corrected chi connectivity index (χ2v) is 4.53. The Morgan fingerprint density at radius 3 is 2.52 bits per heavy atom. The molecule has 4 N–H and O–H groups in total. The largest absolute Gasteiger partial charge is 0.478 e. The molecule has 8 heteroatoms. The van der Waals surface area contributed by atoms with Gasteiger partial charge in [-0.3, -0.25) is 4.79 Å². The van der Waals surface area contributed by atoms with Crippen molar-refractivity contribution >= 4 is 23.6 Å². The van der Waals surface area contributed by atoms with Crippen molar-refractivity contribution in [2.45, 2.75) is 19.9 Å². The monoisotopic (exact) mass is 297 g/mol. The molecule has 0 saturated heterocycles. The number of halogens is 1. The number of carboxylic acid groups (broad SMARTS) is 1. The van der Waals surface area contributed by atoms with Gasteiger partial charge in [0.15, 0.2) is 0 Å². The summed E-state index contributed by atoms with van der Waals surface area (Å²) in [5.74, 6) is -2.41. The van der Waals surface area contributed by atoms with Gasteiger partial charge in [0, 0.05) is 6.04 Å². The summed E-state index contributed by atoms with van der Waals surface area (Å²) in [6.45, 7) is 3.26. The van der Waals surface area contributed by atoms with Crippen molar-refractivity contribution < 1.29 is 23.9 Å². The number of benzene rings is 1. The molecule has 21 heavy (non-hydrogen) atoms. The van der Waals surface area contributed by atoms with Gasteiger partial charge in [-0.05, 0) is 32.0 Å². The van der Waals surface area contributed by atoms with Crippen LogP contribution in [0.3, 0.4) is 0 Å². The summed E-state index contributed by atoms with van der Waals surface area (Å²) < 4.78 is 13.4. The quantitative estimate of drug-likeness (QED) is 0.654. The summed E-state index contributed by atoms with van der Waals surface area (Å²) in [6, 6.07) is 2.13. The first-order valence-corrected chi connectivity index (χ1v) is 6.16. The smallest absolute Gasteiger partial charge is 0.335 e. The molecule has 0 heterocycles.